The summed E-state index contributed by atoms with van der Waals surface area (Å²) in [4.78, 5) is 40.4. The summed E-state index contributed by atoms with van der Waals surface area (Å²) in [6.07, 6.45) is 3.82. The van der Waals surface area contributed by atoms with Crippen molar-refractivity contribution in [3.8, 4) is 11.4 Å². The van der Waals surface area contributed by atoms with E-state index >= 15 is 0 Å². The van der Waals surface area contributed by atoms with Crippen LogP contribution in [0, 0.1) is 11.6 Å². The Balaban J connectivity index is 1.02. The van der Waals surface area contributed by atoms with E-state index in [0.29, 0.717) is 66.4 Å². The molecule has 2 aliphatic rings. The Hall–Kier alpha value is -5.71. The van der Waals surface area contributed by atoms with Crippen LogP contribution in [0.5, 0.6) is 5.75 Å². The van der Waals surface area contributed by atoms with Crippen LogP contribution in [0.15, 0.2) is 89.6 Å². The summed E-state index contributed by atoms with van der Waals surface area (Å²) in [6, 6.07) is 18.2. The zero-order valence-corrected chi connectivity index (χ0v) is 29.2. The van der Waals surface area contributed by atoms with Crippen molar-refractivity contribution >= 4 is 44.8 Å². The zero-order chi connectivity index (χ0) is 36.7. The smallest absolute Gasteiger partial charge is 0.298 e. The van der Waals surface area contributed by atoms with Gasteiger partial charge in [-0.25, -0.2) is 23.4 Å². The number of carbonyl (C=O) groups is 1. The molecule has 3 aromatic carbocycles. The fourth-order valence-corrected chi connectivity index (χ4v) is 8.09. The van der Waals surface area contributed by atoms with Gasteiger partial charge >= 0.3 is 0 Å². The van der Waals surface area contributed by atoms with E-state index in [2.05, 4.69) is 25.3 Å². The molecule has 6 aromatic rings. The number of hydrogen-bond acceptors (Lipinski definition) is 11. The summed E-state index contributed by atoms with van der Waals surface area (Å²) in [6.45, 7) is 2.01. The number of para-hydroxylation sites is 1. The number of rotatable bonds is 9. The Bertz CT molecular complexity index is 2350. The lowest BCUT2D eigenvalue weighted by atomic mass is 9.91. The maximum atomic E-state index is 15.0. The second-order valence-electron chi connectivity index (χ2n) is 13.2. The quantitative estimate of drug-likeness (QED) is 0.196. The molecular weight excluding hydrogens is 705 g/mol. The number of nitrogens with one attached hydrogen (secondary N) is 1. The van der Waals surface area contributed by atoms with Crippen molar-refractivity contribution in [2.45, 2.75) is 31.0 Å². The molecule has 2 aliphatic heterocycles. The van der Waals surface area contributed by atoms with Gasteiger partial charge in [-0.3, -0.25) is 19.1 Å². The molecule has 0 radical (unpaired) electrons. The number of thiophene rings is 1. The normalized spacial score (nSPS) is 16.2. The van der Waals surface area contributed by atoms with E-state index in [4.69, 9.17) is 10.5 Å². The number of fused-ring (bicyclic) bond motifs is 2. The van der Waals surface area contributed by atoms with Gasteiger partial charge in [-0.05, 0) is 49.2 Å². The lowest BCUT2D eigenvalue weighted by Crippen LogP contribution is -2.50. The lowest BCUT2D eigenvalue weighted by molar-refractivity contribution is -0.0271. The molecule has 0 spiro atoms. The van der Waals surface area contributed by atoms with E-state index in [9.17, 15) is 23.5 Å². The number of benzene rings is 3. The number of amides is 1. The molecule has 13 nitrogen and oxygen atoms in total. The molecule has 16 heteroatoms. The van der Waals surface area contributed by atoms with Crippen LogP contribution in [0.25, 0.3) is 16.0 Å². The van der Waals surface area contributed by atoms with Crippen molar-refractivity contribution in [1.82, 2.24) is 34.5 Å². The van der Waals surface area contributed by atoms with Crippen LogP contribution in [0.1, 0.15) is 28.8 Å². The fourth-order valence-electron chi connectivity index (χ4n) is 7.18. The average molecular weight is 740 g/mol. The molecule has 1 saturated heterocycles. The average Bonchev–Trinajstić information content (AvgIpc) is 3.82. The van der Waals surface area contributed by atoms with Crippen LogP contribution < -0.4 is 26.2 Å². The Morgan fingerprint density at radius 1 is 1.04 bits per heavy atom. The van der Waals surface area contributed by atoms with E-state index in [0.717, 1.165) is 23.5 Å². The Kier molecular flexibility index (Phi) is 9.10. The van der Waals surface area contributed by atoms with Gasteiger partial charge < -0.3 is 25.8 Å². The van der Waals surface area contributed by atoms with Crippen molar-refractivity contribution in [2.75, 3.05) is 43.4 Å². The first kappa shape index (κ1) is 34.4. The number of hydrogen-bond donors (Lipinski definition) is 3. The van der Waals surface area contributed by atoms with Gasteiger partial charge in [0.1, 0.15) is 47.1 Å². The molecule has 0 bridgehead atoms. The van der Waals surface area contributed by atoms with Crippen LogP contribution in [0.2, 0.25) is 0 Å². The third-order valence-corrected chi connectivity index (χ3v) is 10.6. The molecule has 5 heterocycles. The second kappa shape index (κ2) is 14.0. The van der Waals surface area contributed by atoms with Gasteiger partial charge in [0.25, 0.3) is 11.5 Å². The molecule has 3 aromatic heterocycles. The molecule has 53 heavy (non-hydrogen) atoms. The van der Waals surface area contributed by atoms with Crippen molar-refractivity contribution in [3.05, 3.63) is 118 Å². The molecule has 4 N–H and O–H groups in total. The maximum absolute atomic E-state index is 15.0. The van der Waals surface area contributed by atoms with Gasteiger partial charge in [-0.15, -0.1) is 11.3 Å². The van der Waals surface area contributed by atoms with E-state index in [1.54, 1.807) is 11.4 Å². The Morgan fingerprint density at radius 2 is 1.85 bits per heavy atom. The largest absolute Gasteiger partial charge is 0.490 e. The zero-order valence-electron chi connectivity index (χ0n) is 28.4. The summed E-state index contributed by atoms with van der Waals surface area (Å²) in [7, 11) is 0. The monoisotopic (exact) mass is 739 g/mol. The summed E-state index contributed by atoms with van der Waals surface area (Å²) in [5.74, 6) is -1.48. The van der Waals surface area contributed by atoms with E-state index < -0.39 is 22.8 Å². The number of likely N-dealkylation sites (tertiary alicyclic amines) is 1. The van der Waals surface area contributed by atoms with Gasteiger partial charge in [-0.2, -0.15) is 5.10 Å². The fraction of sp³-hybridized carbons (Fsp3) is 0.270. The Morgan fingerprint density at radius 3 is 2.60 bits per heavy atom. The van der Waals surface area contributed by atoms with E-state index in [1.807, 2.05) is 47.4 Å². The van der Waals surface area contributed by atoms with E-state index in [1.165, 1.54) is 39.3 Å². The molecule has 8 rings (SSSR count). The van der Waals surface area contributed by atoms with Crippen molar-refractivity contribution in [3.63, 3.8) is 0 Å². The number of piperidine rings is 1. The number of nitrogens with zero attached hydrogens (tertiary/aromatic N) is 7. The molecule has 1 amide bonds. The van der Waals surface area contributed by atoms with Gasteiger partial charge in [0.2, 0.25) is 0 Å². The molecule has 0 saturated carbocycles. The highest BCUT2D eigenvalue weighted by molar-refractivity contribution is 7.17. The summed E-state index contributed by atoms with van der Waals surface area (Å²) >= 11 is 1.22. The first-order chi connectivity index (χ1) is 25.7. The minimum atomic E-state index is -1.74. The minimum Gasteiger partial charge on any atom is -0.490 e. The topological polar surface area (TPSA) is 157 Å². The molecular formula is C37H35F2N9O4S. The third kappa shape index (κ3) is 6.71. The standard InChI is InChI=1S/C37H35F2N9O4S/c38-23-6-8-28(29(39)16-23)37(51,20-46-22-41-21-42-46)19-45-12-10-24(11-13-45)43-34(49)27-18-53-35-32(27)48(36(50)33(40)44-35)26-7-9-31-30(17-26)47(14-15-52-31)25-4-2-1-3-5-25/h1-9,16-18,21-22,24,51H,10-15,19-20H2,(H2,40,44)(H,43,49)/t37-/m0/s1. The number of ether oxygens (including phenoxy) is 1. The van der Waals surface area contributed by atoms with Gasteiger partial charge in [-0.1, -0.05) is 24.3 Å². The molecule has 1 fully saturated rings. The SMILES string of the molecule is Nc1nc2scc(C(=O)NC3CCN(C[C@](O)(Cn4cncn4)c4ccc(F)cc4F)CC3)c2n(-c2ccc3c(c2)N(c2ccccc2)CCO3)c1=O. The molecule has 272 valence electrons. The lowest BCUT2D eigenvalue weighted by Gasteiger charge is -2.38. The maximum Gasteiger partial charge on any atom is 0.298 e. The van der Waals surface area contributed by atoms with Crippen molar-refractivity contribution < 1.29 is 23.4 Å². The number of aliphatic hydroxyl groups is 1. The van der Waals surface area contributed by atoms with Gasteiger partial charge in [0.05, 0.1) is 35.5 Å². The van der Waals surface area contributed by atoms with Crippen LogP contribution in [-0.4, -0.2) is 79.1 Å². The third-order valence-electron chi connectivity index (χ3n) is 9.72. The van der Waals surface area contributed by atoms with E-state index in [-0.39, 0.29) is 36.4 Å². The minimum absolute atomic E-state index is 0.0398. The highest BCUT2D eigenvalue weighted by Crippen LogP contribution is 2.39. The summed E-state index contributed by atoms with van der Waals surface area (Å²) in [5, 5.41) is 20.7. The first-order valence-electron chi connectivity index (χ1n) is 17.1. The number of carbonyl (C=O) groups excluding carboxylic acids is 1. The molecule has 0 unspecified atom stereocenters. The van der Waals surface area contributed by atoms with Crippen LogP contribution in [0.3, 0.4) is 0 Å². The second-order valence-corrected chi connectivity index (χ2v) is 14.1. The summed E-state index contributed by atoms with van der Waals surface area (Å²) in [5.41, 5.74) is 6.70. The predicted octanol–water partition coefficient (Wildman–Crippen LogP) is 4.21. The number of anilines is 3. The van der Waals surface area contributed by atoms with Gasteiger partial charge in [0.15, 0.2) is 5.82 Å². The number of nitrogen functional groups attached to an aromatic ring is 1. The first-order valence-corrected chi connectivity index (χ1v) is 18.0. The molecule has 0 aliphatic carbocycles. The highest BCUT2D eigenvalue weighted by Gasteiger charge is 2.37. The van der Waals surface area contributed by atoms with Gasteiger partial charge in [0, 0.05) is 48.4 Å². The molecule has 1 atom stereocenters. The van der Waals surface area contributed by atoms with Crippen molar-refractivity contribution in [1.29, 1.82) is 0 Å². The van der Waals surface area contributed by atoms with Crippen molar-refractivity contribution in [2.24, 2.45) is 0 Å². The highest BCUT2D eigenvalue weighted by atomic mass is 32.1. The number of nitrogens with two attached hydrogens (primary N) is 1. The van der Waals surface area contributed by atoms with Crippen LogP contribution in [0.4, 0.5) is 26.0 Å². The Labute approximate surface area is 305 Å². The van der Waals surface area contributed by atoms with Crippen LogP contribution >= 0.6 is 11.3 Å². The summed E-state index contributed by atoms with van der Waals surface area (Å²) < 4.78 is 37.5. The number of aromatic nitrogens is 5. The number of halogens is 2. The van der Waals surface area contributed by atoms with Crippen LogP contribution in [-0.2, 0) is 12.1 Å². The number of β-amino-alcohol motifs (C(OH)–C–C–N with tert-alkyl or cyclic N) is 1. The predicted molar refractivity (Wildman–Crippen MR) is 196 cm³/mol.